The quantitative estimate of drug-likeness (QED) is 0.691. The predicted octanol–water partition coefficient (Wildman–Crippen LogP) is 4.60. The zero-order valence-electron chi connectivity index (χ0n) is 15.2. The van der Waals surface area contributed by atoms with Crippen molar-refractivity contribution in [3.8, 4) is 5.75 Å². The maximum absolute atomic E-state index is 12.6. The Hall–Kier alpha value is -2.60. The molecule has 0 saturated heterocycles. The highest BCUT2D eigenvalue weighted by molar-refractivity contribution is 7.18. The number of urea groups is 1. The minimum atomic E-state index is -0.105. The van der Waals surface area contributed by atoms with Gasteiger partial charge < -0.3 is 15.0 Å². The second kappa shape index (κ2) is 8.19. The highest BCUT2D eigenvalue weighted by atomic mass is 32.1. The van der Waals surface area contributed by atoms with E-state index in [2.05, 4.69) is 17.2 Å². The number of fused-ring (bicyclic) bond motifs is 1. The minimum absolute atomic E-state index is 0.0359. The molecule has 1 heterocycles. The van der Waals surface area contributed by atoms with Crippen molar-refractivity contribution in [2.75, 3.05) is 14.2 Å². The zero-order chi connectivity index (χ0) is 18.5. The average molecular weight is 369 g/mol. The van der Waals surface area contributed by atoms with E-state index >= 15 is 0 Å². The molecule has 26 heavy (non-hydrogen) atoms. The molecule has 0 radical (unpaired) electrons. The van der Waals surface area contributed by atoms with E-state index < -0.39 is 0 Å². The number of carbonyl (C=O) groups is 1. The van der Waals surface area contributed by atoms with Gasteiger partial charge >= 0.3 is 6.03 Å². The molecule has 1 atom stereocenters. The Morgan fingerprint density at radius 3 is 2.62 bits per heavy atom. The van der Waals surface area contributed by atoms with Crippen molar-refractivity contribution in [3.05, 3.63) is 59.1 Å². The number of nitrogens with zero attached hydrogens (tertiary/aromatic N) is 2. The van der Waals surface area contributed by atoms with Gasteiger partial charge in [-0.15, -0.1) is 11.3 Å². The lowest BCUT2D eigenvalue weighted by Crippen LogP contribution is -2.38. The van der Waals surface area contributed by atoms with Crippen LogP contribution in [-0.4, -0.2) is 30.1 Å². The average Bonchev–Trinajstić information content (AvgIpc) is 3.08. The van der Waals surface area contributed by atoms with Gasteiger partial charge in [0.1, 0.15) is 10.8 Å². The normalized spacial score (nSPS) is 12.0. The molecule has 0 aliphatic carbocycles. The molecule has 0 saturated carbocycles. The van der Waals surface area contributed by atoms with Crippen molar-refractivity contribution < 1.29 is 9.53 Å². The van der Waals surface area contributed by atoms with Gasteiger partial charge in [-0.3, -0.25) is 0 Å². The summed E-state index contributed by atoms with van der Waals surface area (Å²) >= 11 is 1.62. The van der Waals surface area contributed by atoms with Gasteiger partial charge in [0.25, 0.3) is 0 Å². The number of aromatic nitrogens is 1. The van der Waals surface area contributed by atoms with Crippen LogP contribution in [0.25, 0.3) is 10.2 Å². The molecule has 1 N–H and O–H groups in total. The van der Waals surface area contributed by atoms with Gasteiger partial charge in [0, 0.05) is 7.05 Å². The molecule has 0 bridgehead atoms. The van der Waals surface area contributed by atoms with Gasteiger partial charge in [0.2, 0.25) is 0 Å². The zero-order valence-corrected chi connectivity index (χ0v) is 16.0. The highest BCUT2D eigenvalue weighted by Crippen LogP contribution is 2.23. The summed E-state index contributed by atoms with van der Waals surface area (Å²) in [4.78, 5) is 18.9. The number of para-hydroxylation sites is 1. The van der Waals surface area contributed by atoms with Crippen LogP contribution in [0.15, 0.2) is 48.5 Å². The van der Waals surface area contributed by atoms with E-state index in [1.54, 1.807) is 30.4 Å². The first-order chi connectivity index (χ1) is 12.6. The maximum Gasteiger partial charge on any atom is 0.318 e. The van der Waals surface area contributed by atoms with Crippen molar-refractivity contribution in [3.63, 3.8) is 0 Å². The topological polar surface area (TPSA) is 54.5 Å². The van der Waals surface area contributed by atoms with Crippen molar-refractivity contribution in [2.45, 2.75) is 25.9 Å². The summed E-state index contributed by atoms with van der Waals surface area (Å²) in [5, 5.41) is 4.03. The first kappa shape index (κ1) is 18.2. The Labute approximate surface area is 157 Å². The lowest BCUT2D eigenvalue weighted by atomic mass is 10.0. The number of methoxy groups -OCH3 is 1. The lowest BCUT2D eigenvalue weighted by molar-refractivity contribution is 0.202. The van der Waals surface area contributed by atoms with Crippen LogP contribution < -0.4 is 10.1 Å². The van der Waals surface area contributed by atoms with Crippen molar-refractivity contribution in [1.29, 1.82) is 0 Å². The Morgan fingerprint density at radius 1 is 1.23 bits per heavy atom. The number of nitrogens with one attached hydrogen (secondary N) is 1. The predicted molar refractivity (Wildman–Crippen MR) is 106 cm³/mol. The molecule has 3 aromatic rings. The smallest absolute Gasteiger partial charge is 0.318 e. The van der Waals surface area contributed by atoms with Crippen LogP contribution in [0.5, 0.6) is 5.75 Å². The van der Waals surface area contributed by atoms with Crippen molar-refractivity contribution >= 4 is 27.6 Å². The molecule has 0 aliphatic rings. The number of thiazole rings is 1. The van der Waals surface area contributed by atoms with Crippen molar-refractivity contribution in [1.82, 2.24) is 15.2 Å². The fourth-order valence-electron chi connectivity index (χ4n) is 2.78. The third-order valence-corrected chi connectivity index (χ3v) is 5.30. The number of hydrogen-bond acceptors (Lipinski definition) is 4. The second-order valence-corrected chi connectivity index (χ2v) is 7.23. The number of benzene rings is 2. The van der Waals surface area contributed by atoms with E-state index in [-0.39, 0.29) is 12.1 Å². The largest absolute Gasteiger partial charge is 0.497 e. The van der Waals surface area contributed by atoms with Crippen LogP contribution in [-0.2, 0) is 6.54 Å². The molecule has 1 unspecified atom stereocenters. The van der Waals surface area contributed by atoms with Crippen LogP contribution in [0.4, 0.5) is 4.79 Å². The fraction of sp³-hybridized carbons (Fsp3) is 0.300. The van der Waals surface area contributed by atoms with Crippen molar-refractivity contribution in [2.24, 2.45) is 0 Å². The molecule has 1 aromatic heterocycles. The Morgan fingerprint density at radius 2 is 1.96 bits per heavy atom. The first-order valence-electron chi connectivity index (χ1n) is 8.60. The molecular formula is C20H23N3O2S. The number of ether oxygens (including phenoxy) is 1. The standard InChI is InChI=1S/C20H23N3O2S/c1-4-16(14-9-11-15(25-3)12-10-14)22-20(24)23(2)13-19-21-17-7-5-6-8-18(17)26-19/h5-12,16H,4,13H2,1-3H3,(H,22,24). The lowest BCUT2D eigenvalue weighted by Gasteiger charge is -2.22. The Kier molecular flexibility index (Phi) is 5.73. The van der Waals surface area contributed by atoms with Gasteiger partial charge in [0.05, 0.1) is 29.9 Å². The first-order valence-corrected chi connectivity index (χ1v) is 9.42. The summed E-state index contributed by atoms with van der Waals surface area (Å²) in [5.74, 6) is 0.808. The molecule has 2 amide bonds. The number of amides is 2. The molecule has 0 spiro atoms. The van der Waals surface area contributed by atoms with E-state index in [9.17, 15) is 4.79 Å². The third-order valence-electron chi connectivity index (χ3n) is 4.28. The molecule has 2 aromatic carbocycles. The van der Waals surface area contributed by atoms with Gasteiger partial charge in [-0.05, 0) is 36.2 Å². The number of hydrogen-bond donors (Lipinski definition) is 1. The monoisotopic (exact) mass is 369 g/mol. The van der Waals surface area contributed by atoms with E-state index in [1.165, 1.54) is 0 Å². The number of carbonyl (C=O) groups excluding carboxylic acids is 1. The van der Waals surface area contributed by atoms with Crippen LogP contribution in [0.1, 0.15) is 30.0 Å². The van der Waals surface area contributed by atoms with E-state index in [0.29, 0.717) is 6.54 Å². The summed E-state index contributed by atoms with van der Waals surface area (Å²) in [6.07, 6.45) is 0.813. The molecule has 5 nitrogen and oxygen atoms in total. The maximum atomic E-state index is 12.6. The van der Waals surface area contributed by atoms with Crippen LogP contribution >= 0.6 is 11.3 Å². The van der Waals surface area contributed by atoms with Gasteiger partial charge in [-0.25, -0.2) is 9.78 Å². The van der Waals surface area contributed by atoms with Crippen LogP contribution in [0, 0.1) is 0 Å². The summed E-state index contributed by atoms with van der Waals surface area (Å²) in [7, 11) is 3.44. The van der Waals surface area contributed by atoms with Crippen LogP contribution in [0.3, 0.4) is 0 Å². The molecule has 0 fully saturated rings. The molecule has 3 rings (SSSR count). The van der Waals surface area contributed by atoms with Gasteiger partial charge in [-0.1, -0.05) is 31.2 Å². The minimum Gasteiger partial charge on any atom is -0.497 e. The fourth-order valence-corrected chi connectivity index (χ4v) is 3.80. The van der Waals surface area contributed by atoms with E-state index in [0.717, 1.165) is 33.0 Å². The second-order valence-electron chi connectivity index (χ2n) is 6.11. The molecule has 6 heteroatoms. The summed E-state index contributed by atoms with van der Waals surface area (Å²) in [6.45, 7) is 2.55. The summed E-state index contributed by atoms with van der Waals surface area (Å²) < 4.78 is 6.33. The van der Waals surface area contributed by atoms with Gasteiger partial charge in [-0.2, -0.15) is 0 Å². The third kappa shape index (κ3) is 4.14. The van der Waals surface area contributed by atoms with E-state index in [4.69, 9.17) is 4.74 Å². The summed E-state index contributed by atoms with van der Waals surface area (Å²) in [5.41, 5.74) is 2.04. The molecule has 0 aliphatic heterocycles. The molecular weight excluding hydrogens is 346 g/mol. The summed E-state index contributed by atoms with van der Waals surface area (Å²) in [6, 6.07) is 15.7. The SMILES string of the molecule is CCC(NC(=O)N(C)Cc1nc2ccccc2s1)c1ccc(OC)cc1. The van der Waals surface area contributed by atoms with Gasteiger partial charge in [0.15, 0.2) is 0 Å². The van der Waals surface area contributed by atoms with E-state index in [1.807, 2.05) is 48.5 Å². The Bertz CT molecular complexity index is 843. The number of rotatable bonds is 6. The molecule has 136 valence electrons. The van der Waals surface area contributed by atoms with Crippen LogP contribution in [0.2, 0.25) is 0 Å². The highest BCUT2D eigenvalue weighted by Gasteiger charge is 2.17. The Balaban J connectivity index is 1.64.